The molecule has 0 aliphatic carbocycles. The molecule has 1 aromatic carbocycles. The third-order valence-corrected chi connectivity index (χ3v) is 4.29. The normalized spacial score (nSPS) is 12.2. The quantitative estimate of drug-likeness (QED) is 0.460. The van der Waals surface area contributed by atoms with Gasteiger partial charge in [0.2, 0.25) is 5.88 Å². The average molecular weight is 289 g/mol. The molecule has 0 spiro atoms. The minimum Gasteiger partial charge on any atom is -0.493 e. The Morgan fingerprint density at radius 1 is 1.23 bits per heavy atom. The minimum atomic E-state index is -0.288. The first-order valence-corrected chi connectivity index (χ1v) is 7.02. The maximum Gasteiger partial charge on any atom is 0.261 e. The van der Waals surface area contributed by atoms with Crippen LogP contribution in [0.25, 0.3) is 38.2 Å². The predicted molar refractivity (Wildman–Crippen MR) is 85.9 cm³/mol. The summed E-state index contributed by atoms with van der Waals surface area (Å²) in [6.45, 7) is 2.01. The van der Waals surface area contributed by atoms with Crippen LogP contribution in [-0.2, 0) is 0 Å². The van der Waals surface area contributed by atoms with E-state index in [-0.39, 0.29) is 11.4 Å². The van der Waals surface area contributed by atoms with Crippen molar-refractivity contribution in [2.75, 3.05) is 0 Å². The fraction of sp³-hybridized carbons (Fsp3) is 0.0588. The Balaban J connectivity index is 2.28. The lowest BCUT2D eigenvalue weighted by Crippen LogP contribution is -1.98. The van der Waals surface area contributed by atoms with E-state index in [1.807, 2.05) is 47.9 Å². The monoisotopic (exact) mass is 289 g/mol. The number of rotatable bonds is 0. The summed E-state index contributed by atoms with van der Waals surface area (Å²) < 4.78 is 1.81. The topological polar surface area (TPSA) is 70.4 Å². The third kappa shape index (κ3) is 1.19. The van der Waals surface area contributed by atoms with E-state index in [0.29, 0.717) is 10.9 Å². The highest BCUT2D eigenvalue weighted by Gasteiger charge is 2.20. The number of aryl methyl sites for hydroxylation is 1. The van der Waals surface area contributed by atoms with Crippen molar-refractivity contribution in [2.45, 2.75) is 6.92 Å². The summed E-state index contributed by atoms with van der Waals surface area (Å²) in [5.74, 6) is -0.106. The second kappa shape index (κ2) is 3.57. The zero-order valence-corrected chi connectivity index (χ0v) is 11.7. The highest BCUT2D eigenvalue weighted by molar-refractivity contribution is 6.24. The summed E-state index contributed by atoms with van der Waals surface area (Å²) in [6, 6.07) is 9.83. The van der Waals surface area contributed by atoms with E-state index in [1.54, 1.807) is 0 Å². The van der Waals surface area contributed by atoms with Gasteiger partial charge in [0, 0.05) is 17.0 Å². The summed E-state index contributed by atoms with van der Waals surface area (Å²) in [4.78, 5) is 19.6. The van der Waals surface area contributed by atoms with Crippen LogP contribution in [0.1, 0.15) is 5.56 Å². The van der Waals surface area contributed by atoms with Crippen LogP contribution in [0.4, 0.5) is 0 Å². The van der Waals surface area contributed by atoms with Gasteiger partial charge >= 0.3 is 0 Å². The maximum absolute atomic E-state index is 12.3. The van der Waals surface area contributed by atoms with Crippen LogP contribution in [0.5, 0.6) is 5.88 Å². The molecule has 0 aliphatic heterocycles. The molecule has 0 amide bonds. The van der Waals surface area contributed by atoms with E-state index in [0.717, 1.165) is 32.9 Å². The Kier molecular flexibility index (Phi) is 1.88. The number of benzene rings is 1. The highest BCUT2D eigenvalue weighted by Crippen LogP contribution is 2.36. The Morgan fingerprint density at radius 3 is 2.95 bits per heavy atom. The first kappa shape index (κ1) is 11.6. The lowest BCUT2D eigenvalue weighted by atomic mass is 10.1. The van der Waals surface area contributed by atoms with Gasteiger partial charge in [0.05, 0.1) is 21.9 Å². The van der Waals surface area contributed by atoms with Crippen LogP contribution in [0.15, 0.2) is 41.3 Å². The molecule has 0 saturated heterocycles. The van der Waals surface area contributed by atoms with Gasteiger partial charge in [0.1, 0.15) is 5.52 Å². The van der Waals surface area contributed by atoms with Gasteiger partial charge in [-0.2, -0.15) is 0 Å². The van der Waals surface area contributed by atoms with Crippen LogP contribution in [-0.4, -0.2) is 19.5 Å². The van der Waals surface area contributed by atoms with Crippen molar-refractivity contribution < 1.29 is 5.11 Å². The molecule has 0 atom stereocenters. The molecule has 5 aromatic rings. The van der Waals surface area contributed by atoms with Gasteiger partial charge in [-0.05, 0) is 31.2 Å². The van der Waals surface area contributed by atoms with Crippen LogP contribution in [0, 0.1) is 6.92 Å². The molecule has 2 N–H and O–H groups in total. The van der Waals surface area contributed by atoms with Crippen molar-refractivity contribution in [2.24, 2.45) is 0 Å². The fourth-order valence-electron chi connectivity index (χ4n) is 3.38. The molecule has 0 bridgehead atoms. The number of fused-ring (bicyclic) bond motifs is 8. The van der Waals surface area contributed by atoms with Gasteiger partial charge in [-0.25, -0.2) is 4.98 Å². The summed E-state index contributed by atoms with van der Waals surface area (Å²) in [7, 11) is 0. The maximum atomic E-state index is 12.3. The van der Waals surface area contributed by atoms with E-state index < -0.39 is 0 Å². The first-order valence-electron chi connectivity index (χ1n) is 7.02. The van der Waals surface area contributed by atoms with Gasteiger partial charge in [-0.1, -0.05) is 11.6 Å². The molecular formula is C17H11N3O2. The average Bonchev–Trinajstić information content (AvgIpc) is 3.14. The molecule has 106 valence electrons. The molecule has 0 fully saturated rings. The van der Waals surface area contributed by atoms with Gasteiger partial charge < -0.3 is 9.51 Å². The van der Waals surface area contributed by atoms with Crippen LogP contribution in [0.3, 0.4) is 0 Å². The Labute approximate surface area is 123 Å². The molecule has 0 saturated carbocycles. The molecule has 22 heavy (non-hydrogen) atoms. The van der Waals surface area contributed by atoms with E-state index >= 15 is 0 Å². The zero-order chi connectivity index (χ0) is 15.0. The highest BCUT2D eigenvalue weighted by atomic mass is 16.3. The lowest BCUT2D eigenvalue weighted by Gasteiger charge is -2.01. The van der Waals surface area contributed by atoms with Gasteiger partial charge in [-0.15, -0.1) is 0 Å². The second-order valence-corrected chi connectivity index (χ2v) is 5.65. The van der Waals surface area contributed by atoms with Crippen LogP contribution >= 0.6 is 0 Å². The van der Waals surface area contributed by atoms with Crippen molar-refractivity contribution in [1.29, 1.82) is 0 Å². The Bertz CT molecular complexity index is 1260. The number of hydrogen-bond donors (Lipinski definition) is 2. The molecule has 4 heterocycles. The summed E-state index contributed by atoms with van der Waals surface area (Å²) in [6.07, 6.45) is 1.83. The van der Waals surface area contributed by atoms with Crippen molar-refractivity contribution in [3.8, 4) is 5.88 Å². The Hall–Kier alpha value is -3.08. The fourth-order valence-corrected chi connectivity index (χ4v) is 3.38. The molecule has 5 nitrogen and oxygen atoms in total. The number of aromatic amines is 1. The first-order chi connectivity index (χ1) is 10.6. The van der Waals surface area contributed by atoms with E-state index in [9.17, 15) is 9.90 Å². The number of aromatic hydroxyl groups is 1. The molecule has 0 aliphatic rings. The largest absolute Gasteiger partial charge is 0.493 e. The molecule has 0 unspecified atom stereocenters. The summed E-state index contributed by atoms with van der Waals surface area (Å²) in [5.41, 5.74) is 3.85. The summed E-state index contributed by atoms with van der Waals surface area (Å²) in [5, 5.41) is 12.4. The number of hydrogen-bond acceptors (Lipinski definition) is 3. The number of aromatic nitrogens is 3. The smallest absolute Gasteiger partial charge is 0.261 e. The van der Waals surface area contributed by atoms with Crippen LogP contribution in [0.2, 0.25) is 0 Å². The van der Waals surface area contributed by atoms with Gasteiger partial charge in [0.15, 0.2) is 0 Å². The molecular weight excluding hydrogens is 278 g/mol. The molecule has 4 aromatic heterocycles. The summed E-state index contributed by atoms with van der Waals surface area (Å²) >= 11 is 0. The molecule has 0 radical (unpaired) electrons. The molecule has 5 heteroatoms. The zero-order valence-electron chi connectivity index (χ0n) is 11.7. The van der Waals surface area contributed by atoms with Crippen molar-refractivity contribution in [1.82, 2.24) is 14.4 Å². The van der Waals surface area contributed by atoms with Crippen molar-refractivity contribution >= 4 is 38.2 Å². The molecule has 5 rings (SSSR count). The third-order valence-electron chi connectivity index (χ3n) is 4.29. The number of pyridine rings is 1. The van der Waals surface area contributed by atoms with Gasteiger partial charge in [-0.3, -0.25) is 9.78 Å². The van der Waals surface area contributed by atoms with E-state index in [4.69, 9.17) is 4.98 Å². The minimum absolute atomic E-state index is 0.106. The second-order valence-electron chi connectivity index (χ2n) is 5.65. The SMILES string of the molecule is Cc1ccc2nc3c(c2c1)c1c(=O)[nH]c(O)c1n1cccc31. The van der Waals surface area contributed by atoms with E-state index in [2.05, 4.69) is 4.98 Å². The lowest BCUT2D eigenvalue weighted by molar-refractivity contribution is 0.460. The number of nitrogens with zero attached hydrogens (tertiary/aromatic N) is 2. The van der Waals surface area contributed by atoms with Crippen molar-refractivity contribution in [3.63, 3.8) is 0 Å². The predicted octanol–water partition coefficient (Wildman–Crippen LogP) is 2.93. The Morgan fingerprint density at radius 2 is 2.09 bits per heavy atom. The standard InChI is InChI=1S/C17H11N3O2/c1-8-4-5-10-9(7-8)12-13-15(17(22)19-16(13)21)20-6-2-3-11(20)14(12)18-10/h2-7,22H,1H3,(H,19,21). The van der Waals surface area contributed by atoms with E-state index in [1.165, 1.54) is 0 Å². The van der Waals surface area contributed by atoms with Crippen molar-refractivity contribution in [3.05, 3.63) is 52.4 Å². The van der Waals surface area contributed by atoms with Crippen LogP contribution < -0.4 is 5.56 Å². The van der Waals surface area contributed by atoms with Gasteiger partial charge in [0.25, 0.3) is 5.56 Å². The number of H-pyrrole nitrogens is 1. The number of nitrogens with one attached hydrogen (secondary N) is 1.